The Morgan fingerprint density at radius 1 is 1.43 bits per heavy atom. The van der Waals surface area contributed by atoms with Crippen LogP contribution in [-0.4, -0.2) is 36.1 Å². The maximum Gasteiger partial charge on any atom is 0.109 e. The molecule has 1 saturated heterocycles. The molecular weight excluding hydrogens is 174 g/mol. The lowest BCUT2D eigenvalue weighted by Gasteiger charge is -2.38. The Hall–Kier alpha value is -0.590. The van der Waals surface area contributed by atoms with Crippen molar-refractivity contribution in [3.05, 3.63) is 0 Å². The molecule has 0 radical (unpaired) electrons. The van der Waals surface area contributed by atoms with Crippen molar-refractivity contribution in [1.82, 2.24) is 10.2 Å². The molecule has 1 fully saturated rings. The van der Waals surface area contributed by atoms with E-state index < -0.39 is 0 Å². The quantitative estimate of drug-likeness (QED) is 0.739. The molecule has 0 aliphatic carbocycles. The van der Waals surface area contributed by atoms with E-state index in [4.69, 9.17) is 0 Å². The van der Waals surface area contributed by atoms with Crippen LogP contribution in [0.2, 0.25) is 0 Å². The molecule has 80 valence electrons. The van der Waals surface area contributed by atoms with Crippen LogP contribution in [0, 0.1) is 11.3 Å². The van der Waals surface area contributed by atoms with Crippen LogP contribution in [0.5, 0.6) is 0 Å². The zero-order chi connectivity index (χ0) is 10.6. The molecule has 0 saturated carbocycles. The zero-order valence-corrected chi connectivity index (χ0v) is 9.51. The van der Waals surface area contributed by atoms with Crippen molar-refractivity contribution in [2.75, 3.05) is 19.6 Å². The van der Waals surface area contributed by atoms with Gasteiger partial charge in [0.1, 0.15) is 5.54 Å². The second kappa shape index (κ2) is 4.77. The fraction of sp³-hybridized carbons (Fsp3) is 0.909. The average molecular weight is 195 g/mol. The summed E-state index contributed by atoms with van der Waals surface area (Å²) in [4.78, 5) is 2.40. The van der Waals surface area contributed by atoms with Crippen LogP contribution >= 0.6 is 0 Å². The third-order valence-corrected chi connectivity index (χ3v) is 2.94. The van der Waals surface area contributed by atoms with Crippen molar-refractivity contribution in [3.63, 3.8) is 0 Å². The Morgan fingerprint density at radius 3 is 2.36 bits per heavy atom. The van der Waals surface area contributed by atoms with Crippen molar-refractivity contribution >= 4 is 0 Å². The largest absolute Gasteiger partial charge is 0.303 e. The van der Waals surface area contributed by atoms with Crippen molar-refractivity contribution in [3.8, 4) is 6.07 Å². The van der Waals surface area contributed by atoms with E-state index in [1.54, 1.807) is 0 Å². The van der Waals surface area contributed by atoms with Crippen LogP contribution in [-0.2, 0) is 0 Å². The predicted molar refractivity (Wildman–Crippen MR) is 58.0 cm³/mol. The van der Waals surface area contributed by atoms with Gasteiger partial charge < -0.3 is 4.90 Å². The molecule has 3 nitrogen and oxygen atoms in total. The number of likely N-dealkylation sites (tertiary alicyclic amines) is 1. The minimum atomic E-state index is -0.264. The summed E-state index contributed by atoms with van der Waals surface area (Å²) in [5.41, 5.74) is -0.264. The van der Waals surface area contributed by atoms with Gasteiger partial charge >= 0.3 is 0 Å². The van der Waals surface area contributed by atoms with Gasteiger partial charge in [-0.2, -0.15) is 5.26 Å². The number of hydrogen-bond acceptors (Lipinski definition) is 3. The fourth-order valence-electron chi connectivity index (χ4n) is 2.09. The van der Waals surface area contributed by atoms with E-state index in [-0.39, 0.29) is 5.54 Å². The van der Waals surface area contributed by atoms with E-state index >= 15 is 0 Å². The van der Waals surface area contributed by atoms with Crippen LogP contribution in [0.25, 0.3) is 0 Å². The molecule has 0 bridgehead atoms. The molecule has 0 unspecified atom stereocenters. The van der Waals surface area contributed by atoms with Gasteiger partial charge in [0, 0.05) is 19.1 Å². The molecule has 1 rings (SSSR count). The molecule has 1 N–H and O–H groups in total. The molecule has 3 heteroatoms. The van der Waals surface area contributed by atoms with E-state index in [9.17, 15) is 5.26 Å². The third kappa shape index (κ3) is 2.70. The van der Waals surface area contributed by atoms with Gasteiger partial charge in [0.05, 0.1) is 6.07 Å². The third-order valence-electron chi connectivity index (χ3n) is 2.94. The van der Waals surface area contributed by atoms with E-state index in [0.717, 1.165) is 32.5 Å². The Morgan fingerprint density at radius 2 is 2.00 bits per heavy atom. The predicted octanol–water partition coefficient (Wildman–Crippen LogP) is 1.36. The number of rotatable bonds is 3. The van der Waals surface area contributed by atoms with Crippen LogP contribution in [0.1, 0.15) is 33.6 Å². The van der Waals surface area contributed by atoms with Gasteiger partial charge in [0.25, 0.3) is 0 Å². The molecule has 0 aromatic heterocycles. The molecule has 0 spiro atoms. The topological polar surface area (TPSA) is 39.1 Å². The second-order valence-electron chi connectivity index (χ2n) is 4.43. The Bertz CT molecular complexity index is 209. The monoisotopic (exact) mass is 195 g/mol. The minimum Gasteiger partial charge on any atom is -0.303 e. The first-order valence-corrected chi connectivity index (χ1v) is 5.53. The Kier molecular flexibility index (Phi) is 3.91. The zero-order valence-electron chi connectivity index (χ0n) is 9.51. The molecular formula is C11H21N3. The first kappa shape index (κ1) is 11.5. The van der Waals surface area contributed by atoms with Gasteiger partial charge in [-0.25, -0.2) is 0 Å². The maximum absolute atomic E-state index is 9.22. The van der Waals surface area contributed by atoms with Crippen molar-refractivity contribution in [1.29, 1.82) is 5.26 Å². The summed E-state index contributed by atoms with van der Waals surface area (Å²) in [6.07, 6.45) is 1.91. The highest BCUT2D eigenvalue weighted by Gasteiger charge is 2.34. The molecule has 0 amide bonds. The molecule has 0 aromatic carbocycles. The molecule has 1 aliphatic rings. The minimum absolute atomic E-state index is 0.264. The van der Waals surface area contributed by atoms with Gasteiger partial charge in [0.15, 0.2) is 0 Å². The first-order chi connectivity index (χ1) is 6.62. The molecule has 1 aliphatic heterocycles. The van der Waals surface area contributed by atoms with E-state index in [0.29, 0.717) is 6.04 Å². The van der Waals surface area contributed by atoms with E-state index in [1.807, 2.05) is 0 Å². The van der Waals surface area contributed by atoms with E-state index in [2.05, 4.69) is 37.1 Å². The number of nitriles is 1. The maximum atomic E-state index is 9.22. The summed E-state index contributed by atoms with van der Waals surface area (Å²) in [6, 6.07) is 2.85. The van der Waals surface area contributed by atoms with Crippen molar-refractivity contribution < 1.29 is 0 Å². The molecule has 0 atom stereocenters. The van der Waals surface area contributed by atoms with Crippen molar-refractivity contribution in [2.24, 2.45) is 0 Å². The summed E-state index contributed by atoms with van der Waals surface area (Å²) in [5, 5.41) is 12.6. The Balaban J connectivity index is 2.53. The number of hydrogen-bond donors (Lipinski definition) is 1. The normalized spacial score (nSPS) is 22.2. The summed E-state index contributed by atoms with van der Waals surface area (Å²) in [5.74, 6) is 0. The van der Waals surface area contributed by atoms with Crippen LogP contribution in [0.15, 0.2) is 0 Å². The summed E-state index contributed by atoms with van der Waals surface area (Å²) >= 11 is 0. The lowest BCUT2D eigenvalue weighted by atomic mass is 9.88. The van der Waals surface area contributed by atoms with Gasteiger partial charge in [-0.15, -0.1) is 0 Å². The van der Waals surface area contributed by atoms with Gasteiger partial charge in [-0.3, -0.25) is 5.32 Å². The highest BCUT2D eigenvalue weighted by atomic mass is 15.2. The van der Waals surface area contributed by atoms with Crippen LogP contribution < -0.4 is 5.32 Å². The van der Waals surface area contributed by atoms with E-state index in [1.165, 1.54) is 0 Å². The highest BCUT2D eigenvalue weighted by molar-refractivity contribution is 5.10. The standard InChI is InChI=1S/C11H21N3/c1-4-14-7-5-11(9-12,6-8-14)13-10(2)3/h10,13H,4-8H2,1-3H3. The SMILES string of the molecule is CCN1CCC(C#N)(NC(C)C)CC1. The fourth-order valence-corrected chi connectivity index (χ4v) is 2.09. The first-order valence-electron chi connectivity index (χ1n) is 5.53. The summed E-state index contributed by atoms with van der Waals surface area (Å²) in [6.45, 7) is 9.57. The average Bonchev–Trinajstić information content (AvgIpc) is 2.18. The van der Waals surface area contributed by atoms with Gasteiger partial charge in [0.2, 0.25) is 0 Å². The summed E-state index contributed by atoms with van der Waals surface area (Å²) in [7, 11) is 0. The number of nitrogens with one attached hydrogen (secondary N) is 1. The Labute approximate surface area is 87.1 Å². The van der Waals surface area contributed by atoms with Crippen molar-refractivity contribution in [2.45, 2.75) is 45.2 Å². The molecule has 1 heterocycles. The number of nitrogens with zero attached hydrogens (tertiary/aromatic N) is 2. The van der Waals surface area contributed by atoms with Gasteiger partial charge in [-0.05, 0) is 33.2 Å². The second-order valence-corrected chi connectivity index (χ2v) is 4.43. The molecule has 0 aromatic rings. The van der Waals surface area contributed by atoms with Gasteiger partial charge in [-0.1, -0.05) is 6.92 Å². The smallest absolute Gasteiger partial charge is 0.109 e. The molecule has 14 heavy (non-hydrogen) atoms. The van der Waals surface area contributed by atoms with Crippen LogP contribution in [0.4, 0.5) is 0 Å². The van der Waals surface area contributed by atoms with Crippen LogP contribution in [0.3, 0.4) is 0 Å². The summed E-state index contributed by atoms with van der Waals surface area (Å²) < 4.78 is 0. The highest BCUT2D eigenvalue weighted by Crippen LogP contribution is 2.21. The lowest BCUT2D eigenvalue weighted by Crippen LogP contribution is -2.54. The lowest BCUT2D eigenvalue weighted by molar-refractivity contribution is 0.167. The number of piperidine rings is 1.